The van der Waals surface area contributed by atoms with Crippen molar-refractivity contribution in [3.05, 3.63) is 30.6 Å². The normalized spacial score (nSPS) is 17.0. The van der Waals surface area contributed by atoms with Gasteiger partial charge in [0, 0.05) is 25.7 Å². The van der Waals surface area contributed by atoms with Crippen LogP contribution in [0.1, 0.15) is 46.0 Å². The molecule has 1 unspecified atom stereocenters. The summed E-state index contributed by atoms with van der Waals surface area (Å²) in [7, 11) is 0. The highest BCUT2D eigenvalue weighted by atomic mass is 16.5. The second-order valence-corrected chi connectivity index (χ2v) is 8.55. The lowest BCUT2D eigenvalue weighted by Crippen LogP contribution is -2.42. The Hall–Kier alpha value is -2.90. The number of H-pyrrole nitrogens is 1. The summed E-state index contributed by atoms with van der Waals surface area (Å²) in [5.41, 5.74) is 0.654. The lowest BCUT2D eigenvalue weighted by atomic mass is 9.87. The minimum absolute atomic E-state index is 0.0414. The van der Waals surface area contributed by atoms with Crippen molar-refractivity contribution in [2.45, 2.75) is 46.0 Å². The van der Waals surface area contributed by atoms with Crippen molar-refractivity contribution in [2.24, 2.45) is 11.3 Å². The fourth-order valence-electron chi connectivity index (χ4n) is 3.68. The Kier molecular flexibility index (Phi) is 7.07. The van der Waals surface area contributed by atoms with Crippen LogP contribution >= 0.6 is 0 Å². The van der Waals surface area contributed by atoms with Crippen LogP contribution in [-0.4, -0.2) is 56.8 Å². The Morgan fingerprint density at radius 3 is 2.83 bits per heavy atom. The van der Waals surface area contributed by atoms with Gasteiger partial charge in [-0.15, -0.1) is 0 Å². The van der Waals surface area contributed by atoms with Crippen LogP contribution in [0, 0.1) is 11.3 Å². The van der Waals surface area contributed by atoms with Crippen molar-refractivity contribution in [1.29, 1.82) is 0 Å². The smallest absolute Gasteiger partial charge is 0.309 e. The van der Waals surface area contributed by atoms with Crippen LogP contribution < -0.4 is 4.74 Å². The lowest BCUT2D eigenvalue weighted by molar-refractivity contribution is -0.152. The molecule has 30 heavy (non-hydrogen) atoms. The molecule has 8 heteroatoms. The number of carbonyl (C=O) groups is 2. The summed E-state index contributed by atoms with van der Waals surface area (Å²) in [5, 5.41) is 16.0. The summed E-state index contributed by atoms with van der Waals surface area (Å²) in [4.78, 5) is 30.0. The number of aromatic nitrogens is 3. The molecule has 2 aromatic rings. The van der Waals surface area contributed by atoms with Crippen LogP contribution in [0.5, 0.6) is 5.75 Å². The topological polar surface area (TPSA) is 108 Å². The zero-order chi connectivity index (χ0) is 21.6. The fraction of sp³-hybridized carbons (Fsp3) is 0.545. The van der Waals surface area contributed by atoms with E-state index in [1.54, 1.807) is 26.2 Å². The second kappa shape index (κ2) is 9.73. The molecule has 1 atom stereocenters. The second-order valence-electron chi connectivity index (χ2n) is 8.55. The van der Waals surface area contributed by atoms with Crippen molar-refractivity contribution in [1.82, 2.24) is 20.1 Å². The zero-order valence-electron chi connectivity index (χ0n) is 17.6. The van der Waals surface area contributed by atoms with E-state index in [1.165, 1.54) is 0 Å². The van der Waals surface area contributed by atoms with Gasteiger partial charge >= 0.3 is 5.97 Å². The molecule has 162 valence electrons. The third-order valence-electron chi connectivity index (χ3n) is 5.58. The summed E-state index contributed by atoms with van der Waals surface area (Å²) < 4.78 is 5.80. The number of hydrogen-bond acceptors (Lipinski definition) is 5. The minimum atomic E-state index is -1.03. The van der Waals surface area contributed by atoms with Gasteiger partial charge in [0.05, 0.1) is 29.6 Å². The quantitative estimate of drug-likeness (QED) is 0.609. The van der Waals surface area contributed by atoms with Gasteiger partial charge in [-0.05, 0) is 63.6 Å². The van der Waals surface area contributed by atoms with E-state index in [0.717, 1.165) is 49.4 Å². The van der Waals surface area contributed by atoms with Gasteiger partial charge in [-0.3, -0.25) is 19.7 Å². The average molecular weight is 415 g/mol. The number of pyridine rings is 1. The lowest BCUT2D eigenvalue weighted by Gasteiger charge is -2.34. The van der Waals surface area contributed by atoms with Crippen molar-refractivity contribution in [3.63, 3.8) is 0 Å². The molecule has 1 fully saturated rings. The van der Waals surface area contributed by atoms with Gasteiger partial charge in [-0.1, -0.05) is 0 Å². The summed E-state index contributed by atoms with van der Waals surface area (Å²) in [6.07, 6.45) is 7.37. The van der Waals surface area contributed by atoms with Crippen molar-refractivity contribution < 1.29 is 19.4 Å². The highest BCUT2D eigenvalue weighted by Crippen LogP contribution is 2.26. The number of nitrogens with one attached hydrogen (secondary N) is 1. The number of ether oxygens (including phenoxy) is 1. The molecule has 0 saturated carbocycles. The van der Waals surface area contributed by atoms with Gasteiger partial charge in [-0.2, -0.15) is 5.10 Å². The van der Waals surface area contributed by atoms with Crippen molar-refractivity contribution >= 4 is 11.9 Å². The number of carboxylic acids is 1. The van der Waals surface area contributed by atoms with E-state index in [2.05, 4.69) is 15.2 Å². The maximum absolute atomic E-state index is 12.5. The first-order valence-electron chi connectivity index (χ1n) is 10.4. The summed E-state index contributed by atoms with van der Waals surface area (Å²) >= 11 is 0. The van der Waals surface area contributed by atoms with Crippen LogP contribution in [-0.2, 0) is 9.59 Å². The largest absolute Gasteiger partial charge is 0.492 e. The van der Waals surface area contributed by atoms with Crippen LogP contribution in [0.15, 0.2) is 30.6 Å². The van der Waals surface area contributed by atoms with Gasteiger partial charge in [0.25, 0.3) is 0 Å². The molecule has 3 heterocycles. The molecule has 2 aromatic heterocycles. The first-order chi connectivity index (χ1) is 14.3. The number of likely N-dealkylation sites (tertiary alicyclic amines) is 1. The molecule has 0 bridgehead atoms. The first-order valence-corrected chi connectivity index (χ1v) is 10.4. The Morgan fingerprint density at radius 2 is 2.17 bits per heavy atom. The predicted octanol–water partition coefficient (Wildman–Crippen LogP) is 3.37. The van der Waals surface area contributed by atoms with Crippen LogP contribution in [0.4, 0.5) is 0 Å². The van der Waals surface area contributed by atoms with Crippen LogP contribution in [0.3, 0.4) is 0 Å². The van der Waals surface area contributed by atoms with Crippen molar-refractivity contribution in [3.8, 4) is 17.1 Å². The molecule has 1 aliphatic heterocycles. The number of carbonyl (C=O) groups excluding carboxylic acids is 1. The molecule has 3 rings (SSSR count). The minimum Gasteiger partial charge on any atom is -0.492 e. The average Bonchev–Trinajstić information content (AvgIpc) is 3.26. The number of carboxylic acid groups (broad SMARTS) is 1. The summed E-state index contributed by atoms with van der Waals surface area (Å²) in [6, 6.07) is 5.66. The van der Waals surface area contributed by atoms with Gasteiger partial charge in [-0.25, -0.2) is 0 Å². The Balaban J connectivity index is 1.39. The summed E-state index contributed by atoms with van der Waals surface area (Å²) in [5.74, 6) is 0.162. The van der Waals surface area contributed by atoms with Crippen LogP contribution in [0.2, 0.25) is 0 Å². The molecule has 0 radical (unpaired) electrons. The number of piperidine rings is 1. The third kappa shape index (κ3) is 5.81. The Morgan fingerprint density at radius 1 is 1.33 bits per heavy atom. The molecular weight excluding hydrogens is 384 g/mol. The molecule has 1 aliphatic rings. The van der Waals surface area contributed by atoms with E-state index in [1.807, 2.05) is 23.1 Å². The zero-order valence-corrected chi connectivity index (χ0v) is 17.6. The number of rotatable bonds is 9. The number of aliphatic carboxylic acids is 1. The SMILES string of the molecule is CC(C)(CC(=O)N1CCCC(CCCOc2ccc(-c3ccn[nH]3)nc2)C1)C(=O)O. The molecule has 8 nitrogen and oxygen atoms in total. The van der Waals surface area contributed by atoms with E-state index in [9.17, 15) is 14.7 Å². The summed E-state index contributed by atoms with van der Waals surface area (Å²) in [6.45, 7) is 5.22. The first kappa shape index (κ1) is 21.8. The molecular formula is C22H30N4O4. The Labute approximate surface area is 176 Å². The van der Waals surface area contributed by atoms with Gasteiger partial charge < -0.3 is 14.7 Å². The third-order valence-corrected chi connectivity index (χ3v) is 5.58. The van der Waals surface area contributed by atoms with E-state index >= 15 is 0 Å². The van der Waals surface area contributed by atoms with E-state index in [0.29, 0.717) is 19.1 Å². The molecule has 1 amide bonds. The highest BCUT2D eigenvalue weighted by molar-refractivity contribution is 5.84. The molecule has 0 aliphatic carbocycles. The van der Waals surface area contributed by atoms with Gasteiger partial charge in [0.15, 0.2) is 0 Å². The van der Waals surface area contributed by atoms with Crippen LogP contribution in [0.25, 0.3) is 11.4 Å². The monoisotopic (exact) mass is 414 g/mol. The fourth-order valence-corrected chi connectivity index (χ4v) is 3.68. The maximum atomic E-state index is 12.5. The maximum Gasteiger partial charge on any atom is 0.309 e. The number of aromatic amines is 1. The molecule has 1 saturated heterocycles. The van der Waals surface area contributed by atoms with E-state index < -0.39 is 11.4 Å². The van der Waals surface area contributed by atoms with E-state index in [-0.39, 0.29) is 12.3 Å². The number of hydrogen-bond donors (Lipinski definition) is 2. The standard InChI is InChI=1S/C22H30N4O4/c1-22(2,21(28)29)13-20(27)26-11-3-5-16(15-26)6-4-12-30-17-7-8-18(23-14-17)19-9-10-24-25-19/h7-10,14,16H,3-6,11-13,15H2,1-2H3,(H,24,25)(H,28,29). The molecule has 2 N–H and O–H groups in total. The number of nitrogens with zero attached hydrogens (tertiary/aromatic N) is 3. The highest BCUT2D eigenvalue weighted by Gasteiger charge is 2.33. The van der Waals surface area contributed by atoms with Gasteiger partial charge in [0.1, 0.15) is 5.75 Å². The van der Waals surface area contributed by atoms with Crippen molar-refractivity contribution in [2.75, 3.05) is 19.7 Å². The molecule has 0 aromatic carbocycles. The van der Waals surface area contributed by atoms with E-state index in [4.69, 9.17) is 4.74 Å². The van der Waals surface area contributed by atoms with Gasteiger partial charge in [0.2, 0.25) is 5.91 Å². The number of amides is 1. The predicted molar refractivity (Wildman–Crippen MR) is 112 cm³/mol. The Bertz CT molecular complexity index is 833. The molecule has 0 spiro atoms.